The zero-order chi connectivity index (χ0) is 17.4. The van der Waals surface area contributed by atoms with Gasteiger partial charge in [0.2, 0.25) is 5.13 Å². The molecule has 4 rings (SSSR count). The molecular formula is C17H13BrN4OS2. The Hall–Kier alpha value is -2.03. The van der Waals surface area contributed by atoms with E-state index >= 15 is 0 Å². The van der Waals surface area contributed by atoms with Crippen LogP contribution in [0.3, 0.4) is 0 Å². The second-order valence-electron chi connectivity index (χ2n) is 5.29. The van der Waals surface area contributed by atoms with Crippen LogP contribution in [0.5, 0.6) is 5.75 Å². The number of methoxy groups -OCH3 is 1. The molecule has 0 aliphatic rings. The van der Waals surface area contributed by atoms with Crippen LogP contribution in [0.2, 0.25) is 0 Å². The maximum Gasteiger partial charge on any atom is 0.214 e. The van der Waals surface area contributed by atoms with Crippen LogP contribution < -0.4 is 9.64 Å². The number of thiazole rings is 1. The van der Waals surface area contributed by atoms with Gasteiger partial charge in [-0.25, -0.2) is 4.98 Å². The SMILES string of the molecule is COc1ccc2nc(N(C)c3nnc(-c4ccc(Br)cc4)s3)sc2c1. The summed E-state index contributed by atoms with van der Waals surface area (Å²) in [6, 6.07) is 13.9. The first kappa shape index (κ1) is 16.4. The fourth-order valence-corrected chi connectivity index (χ4v) is 4.40. The summed E-state index contributed by atoms with van der Waals surface area (Å²) in [7, 11) is 3.63. The van der Waals surface area contributed by atoms with Crippen molar-refractivity contribution >= 4 is 59.1 Å². The molecule has 0 aliphatic carbocycles. The van der Waals surface area contributed by atoms with E-state index in [0.717, 1.165) is 41.3 Å². The van der Waals surface area contributed by atoms with Crippen molar-refractivity contribution in [1.29, 1.82) is 0 Å². The number of hydrogen-bond donors (Lipinski definition) is 0. The Bertz CT molecular complexity index is 1030. The van der Waals surface area contributed by atoms with Crippen LogP contribution in [0.15, 0.2) is 46.9 Å². The van der Waals surface area contributed by atoms with E-state index < -0.39 is 0 Å². The molecule has 0 aliphatic heterocycles. The Morgan fingerprint density at radius 1 is 1.00 bits per heavy atom. The molecule has 0 amide bonds. The van der Waals surface area contributed by atoms with Crippen molar-refractivity contribution in [3.63, 3.8) is 0 Å². The molecule has 0 fully saturated rings. The van der Waals surface area contributed by atoms with E-state index in [2.05, 4.69) is 31.1 Å². The lowest BCUT2D eigenvalue weighted by Gasteiger charge is -2.09. The molecule has 8 heteroatoms. The van der Waals surface area contributed by atoms with E-state index in [1.807, 2.05) is 54.4 Å². The molecule has 0 atom stereocenters. The highest BCUT2D eigenvalue weighted by Gasteiger charge is 2.16. The number of ether oxygens (including phenoxy) is 1. The van der Waals surface area contributed by atoms with Crippen molar-refractivity contribution in [2.24, 2.45) is 0 Å². The van der Waals surface area contributed by atoms with Gasteiger partial charge in [-0.3, -0.25) is 4.90 Å². The first-order valence-electron chi connectivity index (χ1n) is 7.42. The van der Waals surface area contributed by atoms with E-state index in [9.17, 15) is 0 Å². The summed E-state index contributed by atoms with van der Waals surface area (Å²) in [6.45, 7) is 0. The molecule has 0 bridgehead atoms. The van der Waals surface area contributed by atoms with Crippen molar-refractivity contribution in [3.05, 3.63) is 46.9 Å². The molecular weight excluding hydrogens is 420 g/mol. The Labute approximate surface area is 161 Å². The van der Waals surface area contributed by atoms with Gasteiger partial charge in [0.15, 0.2) is 5.13 Å². The smallest absolute Gasteiger partial charge is 0.214 e. The van der Waals surface area contributed by atoms with E-state index in [1.165, 1.54) is 0 Å². The van der Waals surface area contributed by atoms with Gasteiger partial charge in [0.1, 0.15) is 10.8 Å². The van der Waals surface area contributed by atoms with Gasteiger partial charge in [0, 0.05) is 17.1 Å². The minimum Gasteiger partial charge on any atom is -0.497 e. The second-order valence-corrected chi connectivity index (χ2v) is 8.17. The standard InChI is InChI=1S/C17H13BrN4OS2/c1-22(16-19-13-8-7-12(23-2)9-14(13)24-16)17-21-20-15(25-17)10-3-5-11(18)6-4-10/h3-9H,1-2H3. The van der Waals surface area contributed by atoms with Gasteiger partial charge in [0.25, 0.3) is 0 Å². The summed E-state index contributed by atoms with van der Waals surface area (Å²) in [5.74, 6) is 0.832. The van der Waals surface area contributed by atoms with Gasteiger partial charge < -0.3 is 4.74 Å². The lowest BCUT2D eigenvalue weighted by molar-refractivity contribution is 0.415. The van der Waals surface area contributed by atoms with Crippen LogP contribution in [0.25, 0.3) is 20.8 Å². The second kappa shape index (κ2) is 6.70. The molecule has 0 N–H and O–H groups in total. The summed E-state index contributed by atoms with van der Waals surface area (Å²) in [5, 5.41) is 11.2. The van der Waals surface area contributed by atoms with E-state index in [-0.39, 0.29) is 0 Å². The molecule has 2 aromatic carbocycles. The number of halogens is 1. The highest BCUT2D eigenvalue weighted by atomic mass is 79.9. The highest BCUT2D eigenvalue weighted by Crippen LogP contribution is 2.36. The number of benzene rings is 2. The number of hydrogen-bond acceptors (Lipinski definition) is 7. The van der Waals surface area contributed by atoms with Gasteiger partial charge in [-0.2, -0.15) is 0 Å². The van der Waals surface area contributed by atoms with Crippen LogP contribution >= 0.6 is 38.6 Å². The summed E-state index contributed by atoms with van der Waals surface area (Å²) >= 11 is 6.59. The lowest BCUT2D eigenvalue weighted by atomic mass is 10.2. The fourth-order valence-electron chi connectivity index (χ4n) is 2.31. The predicted molar refractivity (Wildman–Crippen MR) is 107 cm³/mol. The first-order valence-corrected chi connectivity index (χ1v) is 9.84. The fraction of sp³-hybridized carbons (Fsp3) is 0.118. The zero-order valence-electron chi connectivity index (χ0n) is 13.4. The Kier molecular flexibility index (Phi) is 4.41. The summed E-state index contributed by atoms with van der Waals surface area (Å²) in [4.78, 5) is 6.65. The van der Waals surface area contributed by atoms with Gasteiger partial charge in [-0.1, -0.05) is 50.7 Å². The van der Waals surface area contributed by atoms with Crippen molar-refractivity contribution in [1.82, 2.24) is 15.2 Å². The maximum atomic E-state index is 5.28. The summed E-state index contributed by atoms with van der Waals surface area (Å²) in [5.41, 5.74) is 2.00. The largest absolute Gasteiger partial charge is 0.497 e. The molecule has 0 unspecified atom stereocenters. The monoisotopic (exact) mass is 432 g/mol. The molecule has 0 saturated heterocycles. The molecule has 0 radical (unpaired) electrons. The van der Waals surface area contributed by atoms with Crippen LogP contribution in [-0.2, 0) is 0 Å². The van der Waals surface area contributed by atoms with Gasteiger partial charge in [0.05, 0.1) is 17.3 Å². The number of nitrogens with zero attached hydrogens (tertiary/aromatic N) is 4. The highest BCUT2D eigenvalue weighted by molar-refractivity contribution is 9.10. The van der Waals surface area contributed by atoms with E-state index in [1.54, 1.807) is 29.8 Å². The number of rotatable bonds is 4. The zero-order valence-corrected chi connectivity index (χ0v) is 16.7. The Balaban J connectivity index is 1.64. The van der Waals surface area contributed by atoms with Gasteiger partial charge in [-0.05, 0) is 30.3 Å². The van der Waals surface area contributed by atoms with Gasteiger partial charge >= 0.3 is 0 Å². The normalized spacial score (nSPS) is 11.0. The number of fused-ring (bicyclic) bond motifs is 1. The molecule has 126 valence electrons. The quantitative estimate of drug-likeness (QED) is 0.434. The summed E-state index contributed by atoms with van der Waals surface area (Å²) in [6.07, 6.45) is 0. The molecule has 2 aromatic heterocycles. The van der Waals surface area contributed by atoms with Crippen LogP contribution in [0.1, 0.15) is 0 Å². The third-order valence-electron chi connectivity index (χ3n) is 3.66. The molecule has 2 heterocycles. The number of aromatic nitrogens is 3. The first-order chi connectivity index (χ1) is 12.1. The molecule has 4 aromatic rings. The average Bonchev–Trinajstić information content (AvgIpc) is 3.28. The maximum absolute atomic E-state index is 5.28. The van der Waals surface area contributed by atoms with Crippen molar-refractivity contribution < 1.29 is 4.74 Å². The van der Waals surface area contributed by atoms with Crippen molar-refractivity contribution in [2.45, 2.75) is 0 Å². The third kappa shape index (κ3) is 3.24. The summed E-state index contributed by atoms with van der Waals surface area (Å²) < 4.78 is 7.41. The van der Waals surface area contributed by atoms with Crippen molar-refractivity contribution in [3.8, 4) is 16.3 Å². The average molecular weight is 433 g/mol. The lowest BCUT2D eigenvalue weighted by Crippen LogP contribution is -2.08. The molecule has 0 saturated carbocycles. The number of anilines is 2. The topological polar surface area (TPSA) is 51.1 Å². The molecule has 5 nitrogen and oxygen atoms in total. The van der Waals surface area contributed by atoms with E-state index in [4.69, 9.17) is 4.74 Å². The molecule has 0 spiro atoms. The predicted octanol–water partition coefficient (Wildman–Crippen LogP) is 5.35. The van der Waals surface area contributed by atoms with Crippen molar-refractivity contribution in [2.75, 3.05) is 19.1 Å². The minimum absolute atomic E-state index is 0.809. The minimum atomic E-state index is 0.809. The Morgan fingerprint density at radius 2 is 1.80 bits per heavy atom. The van der Waals surface area contributed by atoms with Crippen LogP contribution in [0.4, 0.5) is 10.3 Å². The van der Waals surface area contributed by atoms with Crippen LogP contribution in [0, 0.1) is 0 Å². The molecule has 25 heavy (non-hydrogen) atoms. The van der Waals surface area contributed by atoms with E-state index in [0.29, 0.717) is 0 Å². The van der Waals surface area contributed by atoms with Gasteiger partial charge in [-0.15, -0.1) is 10.2 Å². The van der Waals surface area contributed by atoms with Crippen LogP contribution in [-0.4, -0.2) is 29.3 Å². The third-order valence-corrected chi connectivity index (χ3v) is 6.34. The Morgan fingerprint density at radius 3 is 2.56 bits per heavy atom.